The van der Waals surface area contributed by atoms with E-state index in [9.17, 15) is 9.59 Å². The second kappa shape index (κ2) is 4.74. The third-order valence-electron chi connectivity index (χ3n) is 1.67. The molecule has 0 aliphatic rings. The fourth-order valence-corrected chi connectivity index (χ4v) is 0.930. The number of hydrogen-bond donors (Lipinski definition) is 1. The number of rotatable bonds is 4. The van der Waals surface area contributed by atoms with Crippen molar-refractivity contribution in [3.8, 4) is 0 Å². The molecule has 0 fully saturated rings. The quantitative estimate of drug-likeness (QED) is 0.650. The molecule has 0 saturated carbocycles. The van der Waals surface area contributed by atoms with Crippen LogP contribution >= 0.6 is 0 Å². The molecule has 0 aliphatic heterocycles. The summed E-state index contributed by atoms with van der Waals surface area (Å²) in [4.78, 5) is 22.0. The van der Waals surface area contributed by atoms with Gasteiger partial charge >= 0.3 is 6.09 Å². The minimum atomic E-state index is -1.06. The van der Waals surface area contributed by atoms with Gasteiger partial charge in [0.05, 0.1) is 6.04 Å². The molecule has 1 N–H and O–H groups in total. The van der Waals surface area contributed by atoms with Crippen LogP contribution in [-0.4, -0.2) is 35.5 Å². The van der Waals surface area contributed by atoms with Crippen LogP contribution in [0.2, 0.25) is 0 Å². The van der Waals surface area contributed by atoms with Crippen molar-refractivity contribution in [3.63, 3.8) is 0 Å². The Labute approximate surface area is 72.2 Å². The minimum absolute atomic E-state index is 0.321. The van der Waals surface area contributed by atoms with Crippen molar-refractivity contribution in [2.75, 3.05) is 7.05 Å². The molecule has 0 aromatic rings. The number of carbonyl (C=O) groups excluding carboxylic acids is 1. The summed E-state index contributed by atoms with van der Waals surface area (Å²) in [6, 6.07) is -0.512. The summed E-state index contributed by atoms with van der Waals surface area (Å²) in [6.07, 6.45) is 0.188. The standard InChI is InChI=1S/C8H15NO3/c1-6(2)4-7(5-10)9(3)8(11)12/h5-7H,4H2,1-3H3,(H,11,12). The molecule has 0 bridgehead atoms. The topological polar surface area (TPSA) is 57.6 Å². The highest BCUT2D eigenvalue weighted by Crippen LogP contribution is 2.07. The fraction of sp³-hybridized carbons (Fsp3) is 0.750. The first-order valence-corrected chi connectivity index (χ1v) is 3.90. The first-order valence-electron chi connectivity index (χ1n) is 3.90. The van der Waals surface area contributed by atoms with Crippen LogP contribution in [0.15, 0.2) is 0 Å². The third kappa shape index (κ3) is 3.37. The van der Waals surface area contributed by atoms with Gasteiger partial charge in [0.2, 0.25) is 0 Å². The van der Waals surface area contributed by atoms with E-state index < -0.39 is 12.1 Å². The molecule has 0 spiro atoms. The van der Waals surface area contributed by atoms with Crippen LogP contribution in [0.5, 0.6) is 0 Å². The van der Waals surface area contributed by atoms with E-state index in [-0.39, 0.29) is 0 Å². The lowest BCUT2D eigenvalue weighted by atomic mass is 10.0. The molecular weight excluding hydrogens is 158 g/mol. The number of likely N-dealkylation sites (N-methyl/N-ethyl adjacent to an activating group) is 1. The van der Waals surface area contributed by atoms with E-state index in [0.717, 1.165) is 4.90 Å². The van der Waals surface area contributed by atoms with E-state index in [1.54, 1.807) is 0 Å². The van der Waals surface area contributed by atoms with Gasteiger partial charge in [-0.15, -0.1) is 0 Å². The van der Waals surface area contributed by atoms with Crippen LogP contribution in [0.1, 0.15) is 20.3 Å². The summed E-state index contributed by atoms with van der Waals surface area (Å²) in [6.45, 7) is 3.90. The maximum Gasteiger partial charge on any atom is 0.407 e. The van der Waals surface area contributed by atoms with Gasteiger partial charge in [-0.1, -0.05) is 13.8 Å². The predicted molar refractivity (Wildman–Crippen MR) is 45.1 cm³/mol. The van der Waals surface area contributed by atoms with E-state index in [2.05, 4.69) is 0 Å². The Morgan fingerprint density at radius 3 is 2.33 bits per heavy atom. The maximum atomic E-state index is 10.5. The lowest BCUT2D eigenvalue weighted by molar-refractivity contribution is -0.112. The van der Waals surface area contributed by atoms with Crippen LogP contribution in [0.25, 0.3) is 0 Å². The van der Waals surface area contributed by atoms with Gasteiger partial charge < -0.3 is 14.8 Å². The molecule has 70 valence electrons. The highest BCUT2D eigenvalue weighted by atomic mass is 16.4. The number of nitrogens with zero attached hydrogens (tertiary/aromatic N) is 1. The second-order valence-electron chi connectivity index (χ2n) is 3.23. The second-order valence-corrected chi connectivity index (χ2v) is 3.23. The van der Waals surface area contributed by atoms with Crippen LogP contribution in [0.3, 0.4) is 0 Å². The van der Waals surface area contributed by atoms with Crippen molar-refractivity contribution < 1.29 is 14.7 Å². The molecule has 12 heavy (non-hydrogen) atoms. The lowest BCUT2D eigenvalue weighted by Crippen LogP contribution is -2.37. The number of carbonyl (C=O) groups is 2. The molecule has 1 amide bonds. The first-order chi connectivity index (χ1) is 5.49. The van der Waals surface area contributed by atoms with Crippen molar-refractivity contribution in [2.45, 2.75) is 26.3 Å². The van der Waals surface area contributed by atoms with Gasteiger partial charge in [0.25, 0.3) is 0 Å². The van der Waals surface area contributed by atoms with E-state index in [1.807, 2.05) is 13.8 Å². The van der Waals surface area contributed by atoms with E-state index in [4.69, 9.17) is 5.11 Å². The van der Waals surface area contributed by atoms with E-state index >= 15 is 0 Å². The number of carboxylic acid groups (broad SMARTS) is 1. The molecular formula is C8H15NO3. The van der Waals surface area contributed by atoms with Crippen molar-refractivity contribution in [1.29, 1.82) is 0 Å². The smallest absolute Gasteiger partial charge is 0.407 e. The molecule has 0 rings (SSSR count). The molecule has 0 aliphatic carbocycles. The Bertz CT molecular complexity index is 168. The summed E-state index contributed by atoms with van der Waals surface area (Å²) in [7, 11) is 1.41. The van der Waals surface area contributed by atoms with Crippen LogP contribution < -0.4 is 0 Å². The zero-order valence-electron chi connectivity index (χ0n) is 7.65. The summed E-state index contributed by atoms with van der Waals surface area (Å²) in [5, 5.41) is 8.56. The molecule has 1 unspecified atom stereocenters. The summed E-state index contributed by atoms with van der Waals surface area (Å²) >= 11 is 0. The predicted octanol–water partition coefficient (Wildman–Crippen LogP) is 1.21. The van der Waals surface area contributed by atoms with Crippen LogP contribution in [0.4, 0.5) is 4.79 Å². The van der Waals surface area contributed by atoms with Gasteiger partial charge in [-0.05, 0) is 12.3 Å². The molecule has 0 aromatic carbocycles. The highest BCUT2D eigenvalue weighted by Gasteiger charge is 2.18. The minimum Gasteiger partial charge on any atom is -0.465 e. The summed E-state index contributed by atoms with van der Waals surface area (Å²) in [5.41, 5.74) is 0. The van der Waals surface area contributed by atoms with Gasteiger partial charge in [0.1, 0.15) is 6.29 Å². The SMILES string of the molecule is CC(C)CC(C=O)N(C)C(=O)O. The van der Waals surface area contributed by atoms with Crippen LogP contribution in [-0.2, 0) is 4.79 Å². The van der Waals surface area contributed by atoms with Crippen LogP contribution in [0, 0.1) is 5.92 Å². The third-order valence-corrected chi connectivity index (χ3v) is 1.67. The van der Waals surface area contributed by atoms with Crippen molar-refractivity contribution in [1.82, 2.24) is 4.90 Å². The molecule has 0 aromatic heterocycles. The number of hydrogen-bond acceptors (Lipinski definition) is 2. The number of aldehydes is 1. The van der Waals surface area contributed by atoms with Crippen molar-refractivity contribution in [3.05, 3.63) is 0 Å². The van der Waals surface area contributed by atoms with Gasteiger partial charge in [-0.2, -0.15) is 0 Å². The molecule has 0 saturated heterocycles. The Morgan fingerprint density at radius 2 is 2.08 bits per heavy atom. The molecule has 0 radical (unpaired) electrons. The largest absolute Gasteiger partial charge is 0.465 e. The fourth-order valence-electron chi connectivity index (χ4n) is 0.930. The maximum absolute atomic E-state index is 10.5. The molecule has 1 atom stereocenters. The van der Waals surface area contributed by atoms with Gasteiger partial charge in [0, 0.05) is 7.05 Å². The van der Waals surface area contributed by atoms with Gasteiger partial charge in [0.15, 0.2) is 0 Å². The zero-order chi connectivity index (χ0) is 9.72. The van der Waals surface area contributed by atoms with Gasteiger partial charge in [-0.3, -0.25) is 0 Å². The first kappa shape index (κ1) is 10.9. The molecule has 4 heteroatoms. The average molecular weight is 173 g/mol. The van der Waals surface area contributed by atoms with E-state index in [1.165, 1.54) is 7.05 Å². The average Bonchev–Trinajstić information content (AvgIpc) is 1.98. The zero-order valence-corrected chi connectivity index (χ0v) is 7.65. The molecule has 4 nitrogen and oxygen atoms in total. The Kier molecular flexibility index (Phi) is 4.33. The van der Waals surface area contributed by atoms with E-state index in [0.29, 0.717) is 18.6 Å². The Morgan fingerprint density at radius 1 is 1.58 bits per heavy atom. The van der Waals surface area contributed by atoms with Gasteiger partial charge in [-0.25, -0.2) is 4.79 Å². The Hall–Kier alpha value is -1.06. The summed E-state index contributed by atoms with van der Waals surface area (Å²) in [5.74, 6) is 0.321. The molecule has 0 heterocycles. The van der Waals surface area contributed by atoms with Crippen molar-refractivity contribution in [2.24, 2.45) is 5.92 Å². The highest BCUT2D eigenvalue weighted by molar-refractivity contribution is 5.71. The van der Waals surface area contributed by atoms with Crippen molar-refractivity contribution >= 4 is 12.4 Å². The normalized spacial score (nSPS) is 12.7. The number of amides is 1. The monoisotopic (exact) mass is 173 g/mol. The lowest BCUT2D eigenvalue weighted by Gasteiger charge is -2.21. The summed E-state index contributed by atoms with van der Waals surface area (Å²) < 4.78 is 0. The Balaban J connectivity index is 4.14.